The second kappa shape index (κ2) is 22.1. The Morgan fingerprint density at radius 3 is 2.22 bits per heavy atom. The Morgan fingerprint density at radius 1 is 0.881 bits per heavy atom. The molecule has 2 unspecified atom stereocenters. The number of hydrogen-bond acceptors (Lipinski definition) is 11. The zero-order valence-corrected chi connectivity index (χ0v) is 35.4. The van der Waals surface area contributed by atoms with Gasteiger partial charge in [0.05, 0.1) is 25.3 Å². The number of nitrogens with two attached hydrogens (primary N) is 1. The van der Waals surface area contributed by atoms with E-state index in [1.54, 1.807) is 75.4 Å². The molecule has 15 heteroatoms. The van der Waals surface area contributed by atoms with Gasteiger partial charge in [0.15, 0.2) is 6.79 Å². The first-order chi connectivity index (χ1) is 28.1. The third-order valence-electron chi connectivity index (χ3n) is 9.56. The molecule has 0 saturated heterocycles. The molecule has 0 radical (unpaired) electrons. The highest BCUT2D eigenvalue weighted by Gasteiger charge is 2.29. The maximum atomic E-state index is 14.0. The van der Waals surface area contributed by atoms with Crippen molar-refractivity contribution >= 4 is 41.3 Å². The predicted octanol–water partition coefficient (Wildman–Crippen LogP) is 6.70. The van der Waals surface area contributed by atoms with E-state index in [2.05, 4.69) is 10.6 Å². The lowest BCUT2D eigenvalue weighted by molar-refractivity contribution is -0.155. The average Bonchev–Trinajstić information content (AvgIpc) is 3.19. The number of esters is 2. The van der Waals surface area contributed by atoms with Gasteiger partial charge in [0.25, 0.3) is 5.91 Å². The molecule has 0 aromatic heterocycles. The predicted molar refractivity (Wildman–Crippen MR) is 220 cm³/mol. The van der Waals surface area contributed by atoms with Crippen molar-refractivity contribution in [3.8, 4) is 17.2 Å². The van der Waals surface area contributed by atoms with E-state index < -0.39 is 53.4 Å². The Morgan fingerprint density at radius 2 is 1.59 bits per heavy atom. The summed E-state index contributed by atoms with van der Waals surface area (Å²) in [5.74, 6) is -1.53. The van der Waals surface area contributed by atoms with Gasteiger partial charge in [-0.25, -0.2) is 4.79 Å². The standard InChI is InChI=1S/C44H56ClN3O11/c1-27(49)47-36(22-28-12-16-32(17-13-28)58-40(43(53)55-6)33-18-15-31(45)24-38(33)57-26-54-5)42(52)48-35(19-21-39(50)59-44(2,3)4)30-14-20-37(34(23-30)41(46)51)56-25-29-10-8-7-9-11-29/h12-18,20,23-24,29,35-36,40H,7-11,19,21-22,25-26H2,1-6H3,(H2,46,51)(H,47,49)(H,48,52)/t35?,36-,40?/m0/s1. The number of methoxy groups -OCH3 is 2. The molecule has 4 N–H and O–H groups in total. The second-order valence-electron chi connectivity index (χ2n) is 15.5. The van der Waals surface area contributed by atoms with Crippen LogP contribution < -0.4 is 30.6 Å². The van der Waals surface area contributed by atoms with Crippen LogP contribution in [0.1, 0.15) is 112 Å². The first-order valence-corrected chi connectivity index (χ1v) is 20.0. The number of ether oxygens (including phenoxy) is 6. The fourth-order valence-corrected chi connectivity index (χ4v) is 6.90. The summed E-state index contributed by atoms with van der Waals surface area (Å²) in [5.41, 5.74) is 6.77. The minimum Gasteiger partial charge on any atom is -0.492 e. The van der Waals surface area contributed by atoms with E-state index in [4.69, 9.17) is 45.8 Å². The summed E-state index contributed by atoms with van der Waals surface area (Å²) < 4.78 is 33.4. The van der Waals surface area contributed by atoms with Crippen LogP contribution in [0.15, 0.2) is 60.7 Å². The first kappa shape index (κ1) is 46.4. The molecular formula is C44H56ClN3O11. The van der Waals surface area contributed by atoms with Gasteiger partial charge in [-0.2, -0.15) is 0 Å². The summed E-state index contributed by atoms with van der Waals surface area (Å²) in [4.78, 5) is 64.9. The number of primary amides is 1. The Balaban J connectivity index is 1.56. The van der Waals surface area contributed by atoms with Gasteiger partial charge < -0.3 is 44.8 Å². The minimum absolute atomic E-state index is 0.0527. The van der Waals surface area contributed by atoms with E-state index in [9.17, 15) is 24.0 Å². The summed E-state index contributed by atoms with van der Waals surface area (Å²) in [7, 11) is 2.70. The maximum absolute atomic E-state index is 14.0. The van der Waals surface area contributed by atoms with Crippen LogP contribution in [0.3, 0.4) is 0 Å². The molecule has 0 heterocycles. The van der Waals surface area contributed by atoms with Crippen LogP contribution in [-0.2, 0) is 39.8 Å². The van der Waals surface area contributed by atoms with Gasteiger partial charge in [-0.15, -0.1) is 0 Å². The summed E-state index contributed by atoms with van der Waals surface area (Å²) >= 11 is 6.18. The molecule has 59 heavy (non-hydrogen) atoms. The highest BCUT2D eigenvalue weighted by molar-refractivity contribution is 6.30. The minimum atomic E-state index is -1.22. The van der Waals surface area contributed by atoms with Gasteiger partial charge in [0.2, 0.25) is 17.9 Å². The maximum Gasteiger partial charge on any atom is 0.351 e. The van der Waals surface area contributed by atoms with Crippen molar-refractivity contribution in [2.24, 2.45) is 11.7 Å². The zero-order valence-electron chi connectivity index (χ0n) is 34.6. The second-order valence-corrected chi connectivity index (χ2v) is 15.9. The monoisotopic (exact) mass is 837 g/mol. The van der Waals surface area contributed by atoms with Crippen molar-refractivity contribution in [1.82, 2.24) is 10.6 Å². The molecule has 3 aromatic carbocycles. The molecule has 3 amide bonds. The van der Waals surface area contributed by atoms with Crippen LogP contribution in [0.5, 0.6) is 17.2 Å². The molecule has 4 rings (SSSR count). The van der Waals surface area contributed by atoms with E-state index in [-0.39, 0.29) is 37.4 Å². The fourth-order valence-electron chi connectivity index (χ4n) is 6.74. The van der Waals surface area contributed by atoms with E-state index >= 15 is 0 Å². The van der Waals surface area contributed by atoms with Crippen LogP contribution in [0.4, 0.5) is 0 Å². The Kier molecular flexibility index (Phi) is 17.4. The van der Waals surface area contributed by atoms with Crippen molar-refractivity contribution in [2.45, 2.75) is 103 Å². The SMILES string of the molecule is COCOc1cc(Cl)ccc1C(Oc1ccc(C[C@H](NC(C)=O)C(=O)NC(CCC(=O)OC(C)(C)C)c2ccc(OCC3CCCCC3)c(C(N)=O)c2)cc1)C(=O)OC. The Hall–Kier alpha value is -5.34. The van der Waals surface area contributed by atoms with Crippen LogP contribution in [0.2, 0.25) is 5.02 Å². The molecule has 0 spiro atoms. The van der Waals surface area contributed by atoms with Crippen LogP contribution >= 0.6 is 11.6 Å². The Labute approximate surface area is 350 Å². The van der Waals surface area contributed by atoms with E-state index in [1.165, 1.54) is 33.6 Å². The van der Waals surface area contributed by atoms with Gasteiger partial charge in [0.1, 0.15) is 28.9 Å². The van der Waals surface area contributed by atoms with Crippen molar-refractivity contribution in [3.63, 3.8) is 0 Å². The van der Waals surface area contributed by atoms with Crippen molar-refractivity contribution in [1.29, 1.82) is 0 Å². The number of rotatable bonds is 20. The zero-order chi connectivity index (χ0) is 43.1. The third-order valence-corrected chi connectivity index (χ3v) is 9.80. The highest BCUT2D eigenvalue weighted by Crippen LogP contribution is 2.34. The molecule has 0 aliphatic heterocycles. The topological polar surface area (TPSA) is 191 Å². The summed E-state index contributed by atoms with van der Waals surface area (Å²) in [6.07, 6.45) is 4.51. The van der Waals surface area contributed by atoms with Crippen molar-refractivity contribution < 1.29 is 52.4 Å². The lowest BCUT2D eigenvalue weighted by atomic mass is 9.90. The molecule has 1 saturated carbocycles. The number of carbonyl (C=O) groups excluding carboxylic acids is 5. The summed E-state index contributed by atoms with van der Waals surface area (Å²) in [5, 5.41) is 6.08. The summed E-state index contributed by atoms with van der Waals surface area (Å²) in [6.45, 7) is 6.95. The van der Waals surface area contributed by atoms with Gasteiger partial charge in [-0.05, 0) is 99.5 Å². The van der Waals surface area contributed by atoms with Crippen LogP contribution in [0.25, 0.3) is 0 Å². The molecule has 320 valence electrons. The molecule has 14 nitrogen and oxygen atoms in total. The van der Waals surface area contributed by atoms with E-state index in [0.717, 1.165) is 25.7 Å². The van der Waals surface area contributed by atoms with Crippen molar-refractivity contribution in [3.05, 3.63) is 87.9 Å². The third kappa shape index (κ3) is 14.8. The van der Waals surface area contributed by atoms with Crippen LogP contribution in [0, 0.1) is 5.92 Å². The van der Waals surface area contributed by atoms with Crippen LogP contribution in [-0.4, -0.2) is 68.9 Å². The van der Waals surface area contributed by atoms with Crippen molar-refractivity contribution in [2.75, 3.05) is 27.6 Å². The molecule has 1 fully saturated rings. The average molecular weight is 838 g/mol. The molecule has 0 bridgehead atoms. The van der Waals surface area contributed by atoms with Gasteiger partial charge in [-0.1, -0.05) is 49.1 Å². The molecule has 3 atom stereocenters. The van der Waals surface area contributed by atoms with Gasteiger partial charge in [0, 0.05) is 37.5 Å². The van der Waals surface area contributed by atoms with E-state index in [1.807, 2.05) is 0 Å². The van der Waals surface area contributed by atoms with Gasteiger partial charge in [-0.3, -0.25) is 19.2 Å². The number of amides is 3. The fraction of sp³-hybridized carbons (Fsp3) is 0.477. The molecule has 1 aliphatic carbocycles. The first-order valence-electron chi connectivity index (χ1n) is 19.7. The number of halogens is 1. The normalized spacial score (nSPS) is 14.6. The number of hydrogen-bond donors (Lipinski definition) is 3. The number of carbonyl (C=O) groups is 5. The smallest absolute Gasteiger partial charge is 0.351 e. The molecule has 1 aliphatic rings. The lowest BCUT2D eigenvalue weighted by Gasteiger charge is -2.26. The molecular weight excluding hydrogens is 782 g/mol. The highest BCUT2D eigenvalue weighted by atomic mass is 35.5. The van der Waals surface area contributed by atoms with Gasteiger partial charge >= 0.3 is 11.9 Å². The molecule has 3 aromatic rings. The largest absolute Gasteiger partial charge is 0.492 e. The number of nitrogens with one attached hydrogen (secondary N) is 2. The quantitative estimate of drug-likeness (QED) is 0.0811. The Bertz CT molecular complexity index is 1910. The van der Waals surface area contributed by atoms with E-state index in [0.29, 0.717) is 45.7 Å². The summed E-state index contributed by atoms with van der Waals surface area (Å²) in [6, 6.07) is 14.5. The lowest BCUT2D eigenvalue weighted by Crippen LogP contribution is -2.48. The number of benzene rings is 3.